The van der Waals surface area contributed by atoms with E-state index in [1.165, 1.54) is 33.5 Å². The van der Waals surface area contributed by atoms with Gasteiger partial charge in [0.2, 0.25) is 5.82 Å². The summed E-state index contributed by atoms with van der Waals surface area (Å²) in [6.07, 6.45) is 5.68. The topological polar surface area (TPSA) is 39.5 Å². The van der Waals surface area contributed by atoms with Gasteiger partial charge in [-0.25, -0.2) is 9.13 Å². The summed E-state index contributed by atoms with van der Waals surface area (Å²) in [6, 6.07) is 6.23. The van der Waals surface area contributed by atoms with Crippen LogP contribution in [-0.2, 0) is 20.6 Å². The lowest BCUT2D eigenvalue weighted by Gasteiger charge is -1.98. The van der Waals surface area contributed by atoms with Crippen molar-refractivity contribution in [2.45, 2.75) is 6.54 Å². The number of imidazole rings is 1. The van der Waals surface area contributed by atoms with Gasteiger partial charge in [-0.2, -0.15) is 0 Å². The van der Waals surface area contributed by atoms with Gasteiger partial charge in [0.1, 0.15) is 12.1 Å². The molecular formula is C16H14N5+. The third kappa shape index (κ3) is 1.15. The van der Waals surface area contributed by atoms with Crippen molar-refractivity contribution in [3.63, 3.8) is 0 Å². The molecule has 102 valence electrons. The number of hydrogen-bond acceptors (Lipinski definition) is 2. The standard InChI is InChI=1S/C16H14N5/c1-19-13-5-7-17-8-11(13)14-16(19)20(2)15-10-4-3-6-18-12(10)9-21(14)15/h3-8H,9H2,1-2H3/q+1. The largest absolute Gasteiger partial charge is 0.269 e. The number of pyridine rings is 2. The second kappa shape index (κ2) is 3.49. The van der Waals surface area contributed by atoms with Crippen LogP contribution >= 0.6 is 0 Å². The van der Waals surface area contributed by atoms with Gasteiger partial charge in [0.25, 0.3) is 5.65 Å². The third-order valence-corrected chi connectivity index (χ3v) is 4.54. The van der Waals surface area contributed by atoms with Crippen LogP contribution in [0, 0.1) is 0 Å². The Morgan fingerprint density at radius 1 is 1.24 bits per heavy atom. The molecule has 4 aromatic rings. The molecule has 0 radical (unpaired) electrons. The molecule has 0 fully saturated rings. The lowest BCUT2D eigenvalue weighted by Crippen LogP contribution is -2.31. The quantitative estimate of drug-likeness (QED) is 0.404. The normalized spacial score (nSPS) is 13.0. The zero-order chi connectivity index (χ0) is 14.1. The molecule has 0 N–H and O–H groups in total. The molecule has 0 atom stereocenters. The molecule has 0 unspecified atom stereocenters. The number of aryl methyl sites for hydroxylation is 2. The second-order valence-electron chi connectivity index (χ2n) is 5.59. The van der Waals surface area contributed by atoms with Crippen LogP contribution < -0.4 is 4.57 Å². The van der Waals surface area contributed by atoms with Crippen LogP contribution in [0.25, 0.3) is 33.5 Å². The molecule has 21 heavy (non-hydrogen) atoms. The van der Waals surface area contributed by atoms with Crippen LogP contribution in [0.15, 0.2) is 36.8 Å². The Morgan fingerprint density at radius 2 is 2.14 bits per heavy atom. The fraction of sp³-hybridized carbons (Fsp3) is 0.188. The first-order chi connectivity index (χ1) is 10.3. The van der Waals surface area contributed by atoms with Gasteiger partial charge in [0.15, 0.2) is 5.52 Å². The minimum absolute atomic E-state index is 0.830. The van der Waals surface area contributed by atoms with Crippen molar-refractivity contribution in [2.75, 3.05) is 0 Å². The first-order valence-electron chi connectivity index (χ1n) is 7.02. The second-order valence-corrected chi connectivity index (χ2v) is 5.59. The first-order valence-corrected chi connectivity index (χ1v) is 7.02. The highest BCUT2D eigenvalue weighted by Crippen LogP contribution is 2.35. The summed E-state index contributed by atoms with van der Waals surface area (Å²) in [7, 11) is 4.24. The number of nitrogens with zero attached hydrogens (tertiary/aromatic N) is 5. The van der Waals surface area contributed by atoms with E-state index in [1.54, 1.807) is 0 Å². The summed E-state index contributed by atoms with van der Waals surface area (Å²) in [6.45, 7) is 0.830. The fourth-order valence-corrected chi connectivity index (χ4v) is 3.69. The SMILES string of the molecule is Cn1c2ccncc2c2c1[n+](C)c1n2Cc2ncccc2-1. The predicted octanol–water partition coefficient (Wildman–Crippen LogP) is 1.78. The fourth-order valence-electron chi connectivity index (χ4n) is 3.69. The lowest BCUT2D eigenvalue weighted by molar-refractivity contribution is -0.636. The molecule has 1 aliphatic rings. The highest BCUT2D eigenvalue weighted by molar-refractivity contribution is 6.04. The highest BCUT2D eigenvalue weighted by atomic mass is 15.2. The first kappa shape index (κ1) is 11.0. The van der Waals surface area contributed by atoms with E-state index in [4.69, 9.17) is 0 Å². The van der Waals surface area contributed by atoms with Gasteiger partial charge < -0.3 is 0 Å². The average Bonchev–Trinajstić information content (AvgIpc) is 3.11. The Labute approximate surface area is 121 Å². The molecule has 5 heterocycles. The van der Waals surface area contributed by atoms with Gasteiger partial charge in [0, 0.05) is 18.6 Å². The van der Waals surface area contributed by atoms with Crippen LogP contribution in [0.2, 0.25) is 0 Å². The zero-order valence-electron chi connectivity index (χ0n) is 11.9. The molecule has 0 aliphatic carbocycles. The summed E-state index contributed by atoms with van der Waals surface area (Å²) >= 11 is 0. The van der Waals surface area contributed by atoms with E-state index in [-0.39, 0.29) is 0 Å². The molecule has 5 nitrogen and oxygen atoms in total. The summed E-state index contributed by atoms with van der Waals surface area (Å²) in [5.74, 6) is 1.23. The molecule has 5 heteroatoms. The number of fused-ring (bicyclic) bond motifs is 7. The average molecular weight is 276 g/mol. The van der Waals surface area contributed by atoms with E-state index < -0.39 is 0 Å². The maximum atomic E-state index is 4.52. The van der Waals surface area contributed by atoms with E-state index in [2.05, 4.69) is 49.9 Å². The molecule has 5 rings (SSSR count). The summed E-state index contributed by atoms with van der Waals surface area (Å²) < 4.78 is 6.87. The highest BCUT2D eigenvalue weighted by Gasteiger charge is 2.34. The number of hydrogen-bond donors (Lipinski definition) is 0. The zero-order valence-corrected chi connectivity index (χ0v) is 11.9. The van der Waals surface area contributed by atoms with Gasteiger partial charge >= 0.3 is 0 Å². The Bertz CT molecular complexity index is 1040. The van der Waals surface area contributed by atoms with E-state index >= 15 is 0 Å². The molecule has 0 saturated heterocycles. The minimum Gasteiger partial charge on any atom is -0.264 e. The van der Waals surface area contributed by atoms with E-state index in [1.807, 2.05) is 24.7 Å². The molecule has 0 aromatic carbocycles. The van der Waals surface area contributed by atoms with Crippen molar-refractivity contribution in [1.29, 1.82) is 0 Å². The van der Waals surface area contributed by atoms with Crippen LogP contribution in [-0.4, -0.2) is 19.1 Å². The summed E-state index contributed by atoms with van der Waals surface area (Å²) in [4.78, 5) is 8.83. The van der Waals surface area contributed by atoms with Crippen LogP contribution in [0.5, 0.6) is 0 Å². The Morgan fingerprint density at radius 3 is 3.05 bits per heavy atom. The third-order valence-electron chi connectivity index (χ3n) is 4.54. The van der Waals surface area contributed by atoms with Crippen molar-refractivity contribution in [3.05, 3.63) is 42.5 Å². The van der Waals surface area contributed by atoms with Crippen LogP contribution in [0.3, 0.4) is 0 Å². The van der Waals surface area contributed by atoms with Crippen molar-refractivity contribution in [3.8, 4) is 11.4 Å². The lowest BCUT2D eigenvalue weighted by atomic mass is 10.2. The number of aromatic nitrogens is 5. The minimum atomic E-state index is 0.830. The molecule has 0 spiro atoms. The van der Waals surface area contributed by atoms with Crippen LogP contribution in [0.1, 0.15) is 5.69 Å². The molecule has 0 amide bonds. The smallest absolute Gasteiger partial charge is 0.264 e. The molecule has 1 aliphatic heterocycles. The molecule has 0 bridgehead atoms. The van der Waals surface area contributed by atoms with E-state index in [9.17, 15) is 0 Å². The maximum Gasteiger partial charge on any atom is 0.269 e. The van der Waals surface area contributed by atoms with Crippen molar-refractivity contribution in [2.24, 2.45) is 14.1 Å². The number of rotatable bonds is 0. The van der Waals surface area contributed by atoms with Crippen LogP contribution in [0.4, 0.5) is 0 Å². The van der Waals surface area contributed by atoms with Crippen molar-refractivity contribution >= 4 is 22.1 Å². The van der Waals surface area contributed by atoms with Gasteiger partial charge in [-0.15, -0.1) is 0 Å². The Hall–Kier alpha value is -2.69. The van der Waals surface area contributed by atoms with Crippen molar-refractivity contribution in [1.82, 2.24) is 19.1 Å². The molecule has 4 aromatic heterocycles. The predicted molar refractivity (Wildman–Crippen MR) is 79.7 cm³/mol. The monoisotopic (exact) mass is 276 g/mol. The van der Waals surface area contributed by atoms with Gasteiger partial charge in [0.05, 0.1) is 30.7 Å². The van der Waals surface area contributed by atoms with Crippen molar-refractivity contribution < 1.29 is 4.57 Å². The summed E-state index contributed by atoms with van der Waals surface area (Å²) in [5, 5.41) is 1.20. The Kier molecular flexibility index (Phi) is 1.83. The van der Waals surface area contributed by atoms with Gasteiger partial charge in [-0.05, 0) is 18.2 Å². The van der Waals surface area contributed by atoms with E-state index in [0.29, 0.717) is 0 Å². The van der Waals surface area contributed by atoms with Gasteiger partial charge in [-0.3, -0.25) is 14.5 Å². The molecular weight excluding hydrogens is 262 g/mol. The maximum absolute atomic E-state index is 4.52. The Balaban J connectivity index is 2.03. The van der Waals surface area contributed by atoms with Gasteiger partial charge in [-0.1, -0.05) is 0 Å². The molecule has 0 saturated carbocycles. The van der Waals surface area contributed by atoms with E-state index in [0.717, 1.165) is 12.2 Å². The summed E-state index contributed by atoms with van der Waals surface area (Å²) in [5.41, 5.74) is 6.06.